The monoisotopic (exact) mass is 158 g/mol. The molecule has 4 heteroatoms. The van der Waals surface area contributed by atoms with E-state index in [0.29, 0.717) is 17.0 Å². The highest BCUT2D eigenvalue weighted by Gasteiger charge is 2.32. The summed E-state index contributed by atoms with van der Waals surface area (Å²) in [6.07, 6.45) is 0. The highest BCUT2D eigenvalue weighted by atomic mass is 32.2. The highest BCUT2D eigenvalue weighted by molar-refractivity contribution is 8.01. The number of nitrogens with one attached hydrogen (secondary N) is 1. The Morgan fingerprint density at radius 2 is 2.60 bits per heavy atom. The Hall–Kier alpha value is -0.220. The van der Waals surface area contributed by atoms with Crippen molar-refractivity contribution in [3.63, 3.8) is 0 Å². The van der Waals surface area contributed by atoms with Crippen molar-refractivity contribution in [1.82, 2.24) is 10.2 Å². The molecule has 0 aromatic heterocycles. The number of fused-ring (bicyclic) bond motifs is 1. The number of thioether (sulfide) groups is 1. The van der Waals surface area contributed by atoms with Crippen molar-refractivity contribution in [2.75, 3.05) is 25.4 Å². The fourth-order valence-corrected chi connectivity index (χ4v) is 2.50. The summed E-state index contributed by atoms with van der Waals surface area (Å²) >= 11 is 1.75. The van der Waals surface area contributed by atoms with Gasteiger partial charge in [0.1, 0.15) is 0 Å². The maximum atomic E-state index is 11.1. The highest BCUT2D eigenvalue weighted by Crippen LogP contribution is 2.24. The SMILES string of the molecule is O=C1CS[C@H]2CNCCN12. The first-order chi connectivity index (χ1) is 4.88. The Morgan fingerprint density at radius 1 is 1.70 bits per heavy atom. The molecular formula is C6H10N2OS. The fraction of sp³-hybridized carbons (Fsp3) is 0.833. The van der Waals surface area contributed by atoms with Crippen molar-refractivity contribution in [1.29, 1.82) is 0 Å². The van der Waals surface area contributed by atoms with Gasteiger partial charge in [-0.15, -0.1) is 11.8 Å². The zero-order valence-electron chi connectivity index (χ0n) is 5.67. The van der Waals surface area contributed by atoms with Crippen molar-refractivity contribution in [2.24, 2.45) is 0 Å². The molecule has 56 valence electrons. The third-order valence-electron chi connectivity index (χ3n) is 1.92. The number of rotatable bonds is 0. The molecule has 2 saturated heterocycles. The molecule has 0 aromatic carbocycles. The molecule has 0 unspecified atom stereocenters. The summed E-state index contributed by atoms with van der Waals surface area (Å²) in [5.41, 5.74) is 0. The summed E-state index contributed by atoms with van der Waals surface area (Å²) < 4.78 is 0. The predicted molar refractivity (Wildman–Crippen MR) is 40.8 cm³/mol. The van der Waals surface area contributed by atoms with E-state index in [2.05, 4.69) is 5.32 Å². The molecular weight excluding hydrogens is 148 g/mol. The molecule has 2 fully saturated rings. The van der Waals surface area contributed by atoms with Gasteiger partial charge < -0.3 is 10.2 Å². The number of nitrogens with zero attached hydrogens (tertiary/aromatic N) is 1. The van der Waals surface area contributed by atoms with Crippen LogP contribution in [0.3, 0.4) is 0 Å². The summed E-state index contributed by atoms with van der Waals surface area (Å²) in [7, 11) is 0. The van der Waals surface area contributed by atoms with E-state index in [4.69, 9.17) is 0 Å². The molecule has 1 atom stereocenters. The lowest BCUT2D eigenvalue weighted by Gasteiger charge is -2.28. The zero-order valence-corrected chi connectivity index (χ0v) is 6.49. The van der Waals surface area contributed by atoms with Crippen molar-refractivity contribution in [2.45, 2.75) is 5.37 Å². The van der Waals surface area contributed by atoms with E-state index in [-0.39, 0.29) is 0 Å². The van der Waals surface area contributed by atoms with Crippen LogP contribution >= 0.6 is 11.8 Å². The van der Waals surface area contributed by atoms with E-state index in [9.17, 15) is 4.79 Å². The number of amides is 1. The number of hydrogen-bond acceptors (Lipinski definition) is 3. The lowest BCUT2D eigenvalue weighted by molar-refractivity contribution is -0.128. The van der Waals surface area contributed by atoms with Crippen LogP contribution in [0.1, 0.15) is 0 Å². The second kappa shape index (κ2) is 2.43. The number of piperazine rings is 1. The third-order valence-corrected chi connectivity index (χ3v) is 3.14. The van der Waals surface area contributed by atoms with Crippen LogP contribution < -0.4 is 5.32 Å². The maximum absolute atomic E-state index is 11.1. The van der Waals surface area contributed by atoms with E-state index in [1.54, 1.807) is 11.8 Å². The lowest BCUT2D eigenvalue weighted by atomic mass is 10.3. The molecule has 0 radical (unpaired) electrons. The number of carbonyl (C=O) groups is 1. The molecule has 0 spiro atoms. The van der Waals surface area contributed by atoms with Gasteiger partial charge in [-0.1, -0.05) is 0 Å². The Bertz CT molecular complexity index is 162. The normalized spacial score (nSPS) is 32.6. The maximum Gasteiger partial charge on any atom is 0.233 e. The van der Waals surface area contributed by atoms with Crippen LogP contribution in [0, 0.1) is 0 Å². The summed E-state index contributed by atoms with van der Waals surface area (Å²) in [4.78, 5) is 13.1. The first kappa shape index (κ1) is 6.49. The smallest absolute Gasteiger partial charge is 0.233 e. The van der Waals surface area contributed by atoms with Crippen LogP contribution in [0.2, 0.25) is 0 Å². The van der Waals surface area contributed by atoms with E-state index >= 15 is 0 Å². The van der Waals surface area contributed by atoms with Crippen LogP contribution in [-0.2, 0) is 4.79 Å². The van der Waals surface area contributed by atoms with Gasteiger partial charge in [-0.25, -0.2) is 0 Å². The molecule has 0 saturated carbocycles. The average Bonchev–Trinajstić information content (AvgIpc) is 2.34. The standard InChI is InChI=1S/C6H10N2OS/c9-5-4-10-6-3-7-1-2-8(5)6/h6-7H,1-4H2/t6-/m0/s1. The summed E-state index contributed by atoms with van der Waals surface area (Å²) in [6, 6.07) is 0. The number of hydrogen-bond donors (Lipinski definition) is 1. The molecule has 2 rings (SSSR count). The molecule has 0 bridgehead atoms. The van der Waals surface area contributed by atoms with Gasteiger partial charge in [0.25, 0.3) is 0 Å². The topological polar surface area (TPSA) is 32.3 Å². The Labute approximate surface area is 64.1 Å². The second-order valence-corrected chi connectivity index (χ2v) is 3.72. The minimum atomic E-state index is 0.316. The van der Waals surface area contributed by atoms with Gasteiger partial charge in [0.2, 0.25) is 5.91 Å². The molecule has 10 heavy (non-hydrogen) atoms. The summed E-state index contributed by atoms with van der Waals surface area (Å²) in [5.74, 6) is 1.00. The lowest BCUT2D eigenvalue weighted by Crippen LogP contribution is -2.48. The first-order valence-corrected chi connectivity index (χ1v) is 4.54. The van der Waals surface area contributed by atoms with Gasteiger partial charge in [0, 0.05) is 19.6 Å². The minimum Gasteiger partial charge on any atom is -0.327 e. The predicted octanol–water partition coefficient (Wildman–Crippen LogP) is -0.509. The van der Waals surface area contributed by atoms with Gasteiger partial charge in [-0.2, -0.15) is 0 Å². The minimum absolute atomic E-state index is 0.316. The largest absolute Gasteiger partial charge is 0.327 e. The molecule has 0 aromatic rings. The van der Waals surface area contributed by atoms with Crippen molar-refractivity contribution < 1.29 is 4.79 Å². The third kappa shape index (κ3) is 0.914. The molecule has 3 nitrogen and oxygen atoms in total. The summed E-state index contributed by atoms with van der Waals surface area (Å²) in [5, 5.41) is 3.69. The van der Waals surface area contributed by atoms with Crippen molar-refractivity contribution in [3.05, 3.63) is 0 Å². The van der Waals surface area contributed by atoms with E-state index in [1.165, 1.54) is 0 Å². The summed E-state index contributed by atoms with van der Waals surface area (Å²) in [6.45, 7) is 2.83. The first-order valence-electron chi connectivity index (χ1n) is 3.50. The Balaban J connectivity index is 2.08. The molecule has 2 aliphatic heterocycles. The zero-order chi connectivity index (χ0) is 6.97. The van der Waals surface area contributed by atoms with Crippen LogP contribution in [0.4, 0.5) is 0 Å². The second-order valence-electron chi connectivity index (χ2n) is 2.56. The average molecular weight is 158 g/mol. The van der Waals surface area contributed by atoms with Gasteiger partial charge in [0.15, 0.2) is 0 Å². The molecule has 1 amide bonds. The number of carbonyl (C=O) groups excluding carboxylic acids is 1. The molecule has 2 heterocycles. The van der Waals surface area contributed by atoms with Crippen LogP contribution in [0.15, 0.2) is 0 Å². The van der Waals surface area contributed by atoms with Crippen molar-refractivity contribution in [3.8, 4) is 0 Å². The Kier molecular flexibility index (Phi) is 1.58. The van der Waals surface area contributed by atoms with E-state index < -0.39 is 0 Å². The van der Waals surface area contributed by atoms with Crippen molar-refractivity contribution >= 4 is 17.7 Å². The van der Waals surface area contributed by atoms with Gasteiger partial charge in [-0.05, 0) is 0 Å². The van der Waals surface area contributed by atoms with Crippen LogP contribution in [0.25, 0.3) is 0 Å². The Morgan fingerprint density at radius 3 is 3.40 bits per heavy atom. The van der Waals surface area contributed by atoms with E-state index in [0.717, 1.165) is 19.6 Å². The van der Waals surface area contributed by atoms with E-state index in [1.807, 2.05) is 4.90 Å². The fourth-order valence-electron chi connectivity index (χ4n) is 1.36. The molecule has 2 aliphatic rings. The van der Waals surface area contributed by atoms with Crippen LogP contribution in [0.5, 0.6) is 0 Å². The van der Waals surface area contributed by atoms with Gasteiger partial charge in [0.05, 0.1) is 11.1 Å². The quantitative estimate of drug-likeness (QED) is 0.515. The van der Waals surface area contributed by atoms with Gasteiger partial charge in [-0.3, -0.25) is 4.79 Å². The van der Waals surface area contributed by atoms with Crippen LogP contribution in [-0.4, -0.2) is 41.6 Å². The molecule has 0 aliphatic carbocycles. The molecule has 1 N–H and O–H groups in total. The van der Waals surface area contributed by atoms with Gasteiger partial charge >= 0.3 is 0 Å².